The lowest BCUT2D eigenvalue weighted by atomic mass is 9.67. The molecule has 3 atom stereocenters. The molecule has 0 aromatic heterocycles. The molecule has 2 aromatic rings. The monoisotopic (exact) mass is 553 g/mol. The van der Waals surface area contributed by atoms with Crippen LogP contribution >= 0.6 is 0 Å². The van der Waals surface area contributed by atoms with Crippen molar-refractivity contribution in [3.8, 4) is 0 Å². The predicted octanol–water partition coefficient (Wildman–Crippen LogP) is 7.08. The van der Waals surface area contributed by atoms with Gasteiger partial charge in [0.25, 0.3) is 16.0 Å². The molecule has 0 radical (unpaired) electrons. The lowest BCUT2D eigenvalue weighted by Gasteiger charge is -2.38. The first kappa shape index (κ1) is 30.8. The SMILES string of the molecule is CC1C=C(C(CC(C)(C)C)C(C)(C)C)C=CC1OCC(=O)N(Cc1ccccc1)c1ccc(S(=O)(=O)O)cc1. The van der Waals surface area contributed by atoms with Gasteiger partial charge in [-0.25, -0.2) is 0 Å². The smallest absolute Gasteiger partial charge is 0.294 e. The molecule has 0 aliphatic heterocycles. The molecule has 1 amide bonds. The number of allylic oxidation sites excluding steroid dienone is 2. The van der Waals surface area contributed by atoms with Gasteiger partial charge in [-0.3, -0.25) is 9.35 Å². The number of hydrogen-bond donors (Lipinski definition) is 1. The molecular weight excluding hydrogens is 510 g/mol. The molecule has 1 N–H and O–H groups in total. The molecule has 0 spiro atoms. The number of nitrogens with zero attached hydrogens (tertiary/aromatic N) is 1. The number of benzene rings is 2. The Morgan fingerprint density at radius 3 is 2.13 bits per heavy atom. The van der Waals surface area contributed by atoms with E-state index in [9.17, 15) is 17.8 Å². The van der Waals surface area contributed by atoms with Gasteiger partial charge < -0.3 is 9.64 Å². The number of carbonyl (C=O) groups excluding carboxylic acids is 1. The van der Waals surface area contributed by atoms with E-state index in [0.29, 0.717) is 18.2 Å². The Morgan fingerprint density at radius 1 is 1.00 bits per heavy atom. The van der Waals surface area contributed by atoms with Crippen molar-refractivity contribution in [2.75, 3.05) is 11.5 Å². The Balaban J connectivity index is 1.75. The summed E-state index contributed by atoms with van der Waals surface area (Å²) in [7, 11) is -4.33. The van der Waals surface area contributed by atoms with Crippen LogP contribution in [-0.2, 0) is 26.2 Å². The Bertz CT molecular complexity index is 1280. The van der Waals surface area contributed by atoms with Crippen LogP contribution in [0.25, 0.3) is 0 Å². The van der Waals surface area contributed by atoms with Gasteiger partial charge >= 0.3 is 0 Å². The highest BCUT2D eigenvalue weighted by Gasteiger charge is 2.33. The average molecular weight is 554 g/mol. The molecule has 7 heteroatoms. The van der Waals surface area contributed by atoms with E-state index >= 15 is 0 Å². The molecule has 0 bridgehead atoms. The number of amides is 1. The van der Waals surface area contributed by atoms with Crippen molar-refractivity contribution >= 4 is 21.7 Å². The molecule has 39 heavy (non-hydrogen) atoms. The number of ether oxygens (including phenoxy) is 1. The summed E-state index contributed by atoms with van der Waals surface area (Å²) in [5.41, 5.74) is 3.09. The van der Waals surface area contributed by atoms with Crippen molar-refractivity contribution < 1.29 is 22.5 Å². The second-order valence-electron chi connectivity index (χ2n) is 12.8. The van der Waals surface area contributed by atoms with Gasteiger partial charge in [-0.2, -0.15) is 8.42 Å². The molecular formula is C32H43NO5S. The van der Waals surface area contributed by atoms with E-state index in [1.165, 1.54) is 29.8 Å². The van der Waals surface area contributed by atoms with Crippen molar-refractivity contribution in [2.45, 2.75) is 72.4 Å². The minimum absolute atomic E-state index is 0.110. The molecule has 6 nitrogen and oxygen atoms in total. The third kappa shape index (κ3) is 8.88. The van der Waals surface area contributed by atoms with Crippen LogP contribution in [0.15, 0.2) is 83.3 Å². The summed E-state index contributed by atoms with van der Waals surface area (Å²) in [5, 5.41) is 0. The fourth-order valence-corrected chi connectivity index (χ4v) is 5.42. The first-order valence-corrected chi connectivity index (χ1v) is 14.9. The number of hydrogen-bond acceptors (Lipinski definition) is 4. The van der Waals surface area contributed by atoms with Crippen molar-refractivity contribution in [2.24, 2.45) is 22.7 Å². The molecule has 0 saturated heterocycles. The van der Waals surface area contributed by atoms with Crippen LogP contribution in [0.2, 0.25) is 0 Å². The second kappa shape index (κ2) is 12.2. The molecule has 0 fully saturated rings. The van der Waals surface area contributed by atoms with Gasteiger partial charge in [-0.05, 0) is 58.6 Å². The highest BCUT2D eigenvalue weighted by atomic mass is 32.2. The van der Waals surface area contributed by atoms with E-state index in [2.05, 4.69) is 66.7 Å². The maximum absolute atomic E-state index is 13.4. The predicted molar refractivity (Wildman–Crippen MR) is 157 cm³/mol. The van der Waals surface area contributed by atoms with Crippen LogP contribution in [0.1, 0.15) is 60.5 Å². The molecule has 0 heterocycles. The average Bonchev–Trinajstić information content (AvgIpc) is 2.84. The van der Waals surface area contributed by atoms with Crippen LogP contribution in [0.5, 0.6) is 0 Å². The van der Waals surface area contributed by atoms with E-state index in [4.69, 9.17) is 4.74 Å². The molecule has 212 valence electrons. The normalized spacial score (nSPS) is 18.9. The van der Waals surface area contributed by atoms with Gasteiger partial charge in [-0.15, -0.1) is 0 Å². The maximum atomic E-state index is 13.4. The summed E-state index contributed by atoms with van der Waals surface area (Å²) < 4.78 is 38.4. The zero-order chi connectivity index (χ0) is 29.0. The summed E-state index contributed by atoms with van der Waals surface area (Å²) in [6.45, 7) is 16.0. The Kier molecular flexibility index (Phi) is 9.63. The summed E-state index contributed by atoms with van der Waals surface area (Å²) in [6, 6.07) is 15.2. The highest BCUT2D eigenvalue weighted by molar-refractivity contribution is 7.85. The van der Waals surface area contributed by atoms with Gasteiger partial charge in [0.05, 0.1) is 17.5 Å². The van der Waals surface area contributed by atoms with E-state index in [1.54, 1.807) is 4.90 Å². The minimum Gasteiger partial charge on any atom is -0.364 e. The number of anilines is 1. The fourth-order valence-electron chi connectivity index (χ4n) is 4.94. The standard InChI is InChI=1S/C32H43NO5S/c1-23-19-25(28(32(5,6)7)20-31(2,3)4)13-18-29(23)38-22-30(34)33(21-24-11-9-8-10-12-24)26-14-16-27(17-15-26)39(35,36)37/h8-19,23,28-29H,20-22H2,1-7H3,(H,35,36,37). The van der Waals surface area contributed by atoms with Crippen LogP contribution < -0.4 is 4.90 Å². The fraction of sp³-hybridized carbons (Fsp3) is 0.469. The first-order chi connectivity index (χ1) is 18.0. The summed E-state index contributed by atoms with van der Waals surface area (Å²) in [4.78, 5) is 14.8. The van der Waals surface area contributed by atoms with Gasteiger partial charge in [0.1, 0.15) is 6.61 Å². The van der Waals surface area contributed by atoms with Gasteiger partial charge in [-0.1, -0.05) is 97.0 Å². The van der Waals surface area contributed by atoms with Crippen molar-refractivity contribution in [1.29, 1.82) is 0 Å². The Labute approximate surface area is 234 Å². The number of carbonyl (C=O) groups is 1. The van der Waals surface area contributed by atoms with Crippen molar-refractivity contribution in [1.82, 2.24) is 0 Å². The third-order valence-electron chi connectivity index (χ3n) is 7.05. The molecule has 3 unspecified atom stereocenters. The summed E-state index contributed by atoms with van der Waals surface area (Å²) >= 11 is 0. The molecule has 3 rings (SSSR count). The first-order valence-electron chi connectivity index (χ1n) is 13.5. The zero-order valence-corrected chi connectivity index (χ0v) is 25.0. The van der Waals surface area contributed by atoms with E-state index in [0.717, 1.165) is 12.0 Å². The van der Waals surface area contributed by atoms with Gasteiger partial charge in [0.15, 0.2) is 0 Å². The molecule has 1 aliphatic carbocycles. The maximum Gasteiger partial charge on any atom is 0.294 e. The highest BCUT2D eigenvalue weighted by Crippen LogP contribution is 2.42. The topological polar surface area (TPSA) is 83.9 Å². The van der Waals surface area contributed by atoms with Crippen LogP contribution in [0.4, 0.5) is 5.69 Å². The summed E-state index contributed by atoms with van der Waals surface area (Å²) in [6.07, 6.45) is 7.36. The lowest BCUT2D eigenvalue weighted by Crippen LogP contribution is -2.36. The zero-order valence-electron chi connectivity index (χ0n) is 24.2. The van der Waals surface area contributed by atoms with Crippen LogP contribution in [0.3, 0.4) is 0 Å². The van der Waals surface area contributed by atoms with Crippen LogP contribution in [-0.4, -0.2) is 31.6 Å². The van der Waals surface area contributed by atoms with Gasteiger partial charge in [0, 0.05) is 11.6 Å². The third-order valence-corrected chi connectivity index (χ3v) is 7.91. The molecule has 2 aromatic carbocycles. The second-order valence-corrected chi connectivity index (χ2v) is 14.2. The molecule has 1 aliphatic rings. The van der Waals surface area contributed by atoms with Crippen molar-refractivity contribution in [3.05, 3.63) is 84.0 Å². The van der Waals surface area contributed by atoms with E-state index in [1.807, 2.05) is 30.3 Å². The number of rotatable bonds is 9. The van der Waals surface area contributed by atoms with Gasteiger partial charge in [0.2, 0.25) is 0 Å². The quantitative estimate of drug-likeness (QED) is 0.335. The van der Waals surface area contributed by atoms with Crippen LogP contribution in [0, 0.1) is 22.7 Å². The van der Waals surface area contributed by atoms with E-state index in [-0.39, 0.29) is 40.3 Å². The molecule has 0 saturated carbocycles. The lowest BCUT2D eigenvalue weighted by molar-refractivity contribution is -0.124. The Morgan fingerprint density at radius 2 is 1.62 bits per heavy atom. The largest absolute Gasteiger partial charge is 0.364 e. The van der Waals surface area contributed by atoms with E-state index < -0.39 is 10.1 Å². The summed E-state index contributed by atoms with van der Waals surface area (Å²) in [5.74, 6) is 0.277. The Hall–Kier alpha value is -2.74. The minimum atomic E-state index is -4.33. The van der Waals surface area contributed by atoms with Crippen molar-refractivity contribution in [3.63, 3.8) is 0 Å².